The third kappa shape index (κ3) is 3.20. The molecule has 4 heteroatoms. The van der Waals surface area contributed by atoms with E-state index in [1.807, 2.05) is 18.2 Å². The van der Waals surface area contributed by atoms with E-state index in [0.29, 0.717) is 6.54 Å². The summed E-state index contributed by atoms with van der Waals surface area (Å²) in [6.07, 6.45) is -0.351. The van der Waals surface area contributed by atoms with Gasteiger partial charge in [0.1, 0.15) is 5.75 Å². The molecule has 0 heterocycles. The zero-order valence-electron chi connectivity index (χ0n) is 8.25. The van der Waals surface area contributed by atoms with E-state index in [9.17, 15) is 0 Å². The van der Waals surface area contributed by atoms with Crippen molar-refractivity contribution >= 4 is 21.6 Å². The molecule has 1 aromatic carbocycles. The second-order valence-corrected chi connectivity index (χ2v) is 3.93. The molecular formula is C10H14BrNO2. The number of anilines is 1. The van der Waals surface area contributed by atoms with E-state index in [-0.39, 0.29) is 6.10 Å². The zero-order chi connectivity index (χ0) is 10.6. The van der Waals surface area contributed by atoms with Crippen molar-refractivity contribution < 1.29 is 9.84 Å². The van der Waals surface area contributed by atoms with Crippen LogP contribution in [0.1, 0.15) is 6.92 Å². The van der Waals surface area contributed by atoms with Crippen LogP contribution in [0.25, 0.3) is 0 Å². The molecule has 1 aromatic rings. The summed E-state index contributed by atoms with van der Waals surface area (Å²) < 4.78 is 6.00. The summed E-state index contributed by atoms with van der Waals surface area (Å²) in [5.41, 5.74) is 0.957. The standard InChI is InChI=1S/C10H14BrNO2/c1-7(13)6-12-8-3-4-10(14-2)9(11)5-8/h3-5,7,12-13H,6H2,1-2H3/t7-/m0/s1. The molecule has 0 amide bonds. The Kier molecular flexibility index (Phi) is 4.22. The van der Waals surface area contributed by atoms with Gasteiger partial charge in [0.2, 0.25) is 0 Å². The molecule has 14 heavy (non-hydrogen) atoms. The lowest BCUT2D eigenvalue weighted by atomic mass is 10.3. The average Bonchev–Trinajstić information content (AvgIpc) is 2.15. The first-order valence-corrected chi connectivity index (χ1v) is 5.18. The molecule has 1 rings (SSSR count). The number of ether oxygens (including phenoxy) is 1. The van der Waals surface area contributed by atoms with Gasteiger partial charge in [0, 0.05) is 12.2 Å². The Labute approximate surface area is 92.2 Å². The van der Waals surface area contributed by atoms with Gasteiger partial charge in [0.25, 0.3) is 0 Å². The van der Waals surface area contributed by atoms with Crippen molar-refractivity contribution in [2.45, 2.75) is 13.0 Å². The highest BCUT2D eigenvalue weighted by molar-refractivity contribution is 9.10. The van der Waals surface area contributed by atoms with Crippen molar-refractivity contribution in [3.8, 4) is 5.75 Å². The fourth-order valence-corrected chi connectivity index (χ4v) is 1.58. The van der Waals surface area contributed by atoms with E-state index in [1.165, 1.54) is 0 Å². The van der Waals surface area contributed by atoms with Crippen molar-refractivity contribution in [1.82, 2.24) is 0 Å². The molecular weight excluding hydrogens is 246 g/mol. The molecule has 1 atom stereocenters. The first-order chi connectivity index (χ1) is 6.63. The Morgan fingerprint density at radius 2 is 2.29 bits per heavy atom. The number of nitrogens with one attached hydrogen (secondary N) is 1. The normalized spacial score (nSPS) is 12.3. The van der Waals surface area contributed by atoms with E-state index >= 15 is 0 Å². The van der Waals surface area contributed by atoms with Crippen LogP contribution in [0, 0.1) is 0 Å². The molecule has 0 unspecified atom stereocenters. The molecule has 0 aromatic heterocycles. The van der Waals surface area contributed by atoms with Crippen LogP contribution < -0.4 is 10.1 Å². The molecule has 0 aliphatic heterocycles. The van der Waals surface area contributed by atoms with E-state index in [4.69, 9.17) is 9.84 Å². The lowest BCUT2D eigenvalue weighted by Gasteiger charge is -2.10. The molecule has 0 fully saturated rings. The number of rotatable bonds is 4. The van der Waals surface area contributed by atoms with Crippen LogP contribution in [-0.4, -0.2) is 24.9 Å². The van der Waals surface area contributed by atoms with Crippen LogP contribution in [0.4, 0.5) is 5.69 Å². The van der Waals surface area contributed by atoms with Crippen LogP contribution in [0.15, 0.2) is 22.7 Å². The van der Waals surface area contributed by atoms with Crippen LogP contribution in [-0.2, 0) is 0 Å². The molecule has 0 bridgehead atoms. The first kappa shape index (κ1) is 11.3. The van der Waals surface area contributed by atoms with Crippen molar-refractivity contribution in [2.24, 2.45) is 0 Å². The molecule has 0 aliphatic carbocycles. The van der Waals surface area contributed by atoms with Crippen LogP contribution in [0.3, 0.4) is 0 Å². The van der Waals surface area contributed by atoms with Gasteiger partial charge in [-0.05, 0) is 41.1 Å². The highest BCUT2D eigenvalue weighted by atomic mass is 79.9. The quantitative estimate of drug-likeness (QED) is 0.872. The number of benzene rings is 1. The Hall–Kier alpha value is -0.740. The van der Waals surface area contributed by atoms with Gasteiger partial charge in [-0.3, -0.25) is 0 Å². The van der Waals surface area contributed by atoms with E-state index in [2.05, 4.69) is 21.2 Å². The van der Waals surface area contributed by atoms with E-state index in [0.717, 1.165) is 15.9 Å². The predicted molar refractivity (Wildman–Crippen MR) is 60.9 cm³/mol. The topological polar surface area (TPSA) is 41.5 Å². The average molecular weight is 260 g/mol. The smallest absolute Gasteiger partial charge is 0.133 e. The summed E-state index contributed by atoms with van der Waals surface area (Å²) in [7, 11) is 1.63. The maximum Gasteiger partial charge on any atom is 0.133 e. The second-order valence-electron chi connectivity index (χ2n) is 3.08. The van der Waals surface area contributed by atoms with Gasteiger partial charge in [-0.1, -0.05) is 0 Å². The minimum Gasteiger partial charge on any atom is -0.496 e. The molecule has 0 saturated carbocycles. The summed E-state index contributed by atoms with van der Waals surface area (Å²) in [4.78, 5) is 0. The molecule has 0 aliphatic rings. The fraction of sp³-hybridized carbons (Fsp3) is 0.400. The summed E-state index contributed by atoms with van der Waals surface area (Å²) >= 11 is 3.39. The lowest BCUT2D eigenvalue weighted by Crippen LogP contribution is -2.15. The summed E-state index contributed by atoms with van der Waals surface area (Å²) in [6.45, 7) is 2.28. The number of aliphatic hydroxyl groups is 1. The minimum atomic E-state index is -0.351. The maximum absolute atomic E-state index is 9.08. The summed E-state index contributed by atoms with van der Waals surface area (Å²) in [5.74, 6) is 0.799. The minimum absolute atomic E-state index is 0.351. The maximum atomic E-state index is 9.08. The monoisotopic (exact) mass is 259 g/mol. The van der Waals surface area contributed by atoms with Crippen LogP contribution >= 0.6 is 15.9 Å². The molecule has 78 valence electrons. The Morgan fingerprint density at radius 3 is 2.79 bits per heavy atom. The van der Waals surface area contributed by atoms with Crippen LogP contribution in [0.2, 0.25) is 0 Å². The first-order valence-electron chi connectivity index (χ1n) is 4.39. The summed E-state index contributed by atoms with van der Waals surface area (Å²) in [6, 6.07) is 5.70. The largest absolute Gasteiger partial charge is 0.496 e. The number of hydrogen-bond acceptors (Lipinski definition) is 3. The van der Waals surface area contributed by atoms with E-state index in [1.54, 1.807) is 14.0 Å². The molecule has 0 spiro atoms. The SMILES string of the molecule is COc1ccc(NC[C@H](C)O)cc1Br. The Morgan fingerprint density at radius 1 is 1.57 bits per heavy atom. The predicted octanol–water partition coefficient (Wildman–Crippen LogP) is 2.25. The highest BCUT2D eigenvalue weighted by Crippen LogP contribution is 2.27. The molecule has 2 N–H and O–H groups in total. The molecule has 0 saturated heterocycles. The van der Waals surface area contributed by atoms with Crippen molar-refractivity contribution in [2.75, 3.05) is 19.0 Å². The van der Waals surface area contributed by atoms with E-state index < -0.39 is 0 Å². The second kappa shape index (κ2) is 5.22. The third-order valence-corrected chi connectivity index (χ3v) is 2.37. The molecule has 3 nitrogen and oxygen atoms in total. The van der Waals surface area contributed by atoms with Gasteiger partial charge in [0.05, 0.1) is 17.7 Å². The summed E-state index contributed by atoms with van der Waals surface area (Å²) in [5, 5.41) is 12.2. The van der Waals surface area contributed by atoms with Gasteiger partial charge in [-0.2, -0.15) is 0 Å². The lowest BCUT2D eigenvalue weighted by molar-refractivity contribution is 0.208. The third-order valence-electron chi connectivity index (χ3n) is 1.75. The van der Waals surface area contributed by atoms with Gasteiger partial charge < -0.3 is 15.2 Å². The van der Waals surface area contributed by atoms with Crippen molar-refractivity contribution in [3.63, 3.8) is 0 Å². The van der Waals surface area contributed by atoms with Gasteiger partial charge >= 0.3 is 0 Å². The highest BCUT2D eigenvalue weighted by Gasteiger charge is 2.01. The van der Waals surface area contributed by atoms with Crippen molar-refractivity contribution in [3.05, 3.63) is 22.7 Å². The number of aliphatic hydroxyl groups excluding tert-OH is 1. The van der Waals surface area contributed by atoms with Gasteiger partial charge in [-0.15, -0.1) is 0 Å². The molecule has 0 radical (unpaired) electrons. The fourth-order valence-electron chi connectivity index (χ4n) is 1.04. The zero-order valence-corrected chi connectivity index (χ0v) is 9.84. The van der Waals surface area contributed by atoms with Gasteiger partial charge in [0.15, 0.2) is 0 Å². The number of halogens is 1. The van der Waals surface area contributed by atoms with Crippen molar-refractivity contribution in [1.29, 1.82) is 0 Å². The Bertz CT molecular complexity index is 302. The Balaban J connectivity index is 2.66. The van der Waals surface area contributed by atoms with Crippen LogP contribution in [0.5, 0.6) is 5.75 Å². The van der Waals surface area contributed by atoms with Gasteiger partial charge in [-0.25, -0.2) is 0 Å². The number of methoxy groups -OCH3 is 1. The number of hydrogen-bond donors (Lipinski definition) is 2.